The van der Waals surface area contributed by atoms with Crippen molar-refractivity contribution in [3.63, 3.8) is 0 Å². The van der Waals surface area contributed by atoms with Gasteiger partial charge >= 0.3 is 11.9 Å². The summed E-state index contributed by atoms with van der Waals surface area (Å²) in [5.74, 6) is -2.05. The molecule has 2 amide bonds. The summed E-state index contributed by atoms with van der Waals surface area (Å²) in [6, 6.07) is 10.4. The van der Waals surface area contributed by atoms with Gasteiger partial charge in [-0.25, -0.2) is 9.59 Å². The lowest BCUT2D eigenvalue weighted by Crippen LogP contribution is -2.44. The van der Waals surface area contributed by atoms with Gasteiger partial charge in [0.15, 0.2) is 0 Å². The number of hydrogen-bond donors (Lipinski definition) is 2. The van der Waals surface area contributed by atoms with Crippen LogP contribution in [0.15, 0.2) is 42.5 Å². The van der Waals surface area contributed by atoms with Crippen molar-refractivity contribution in [2.24, 2.45) is 5.92 Å². The molecule has 2 rings (SSSR count). The molecule has 8 heteroatoms. The van der Waals surface area contributed by atoms with E-state index < -0.39 is 23.9 Å². The van der Waals surface area contributed by atoms with Crippen LogP contribution in [0.4, 0.5) is 5.69 Å². The Kier molecular flexibility index (Phi) is 8.52. The number of benzene rings is 2. The molecule has 0 bridgehead atoms. The number of ether oxygens (including phenoxy) is 2. The van der Waals surface area contributed by atoms with Gasteiger partial charge in [-0.05, 0) is 49.1 Å². The second kappa shape index (κ2) is 11.1. The van der Waals surface area contributed by atoms with E-state index in [2.05, 4.69) is 10.6 Å². The van der Waals surface area contributed by atoms with Crippen molar-refractivity contribution in [1.29, 1.82) is 0 Å². The Hall–Kier alpha value is -3.68. The molecule has 0 unspecified atom stereocenters. The summed E-state index contributed by atoms with van der Waals surface area (Å²) in [6.45, 7) is 5.69. The molecule has 0 aliphatic rings. The molecule has 2 aromatic rings. The predicted octanol–water partition coefficient (Wildman–Crippen LogP) is 3.35. The highest BCUT2D eigenvalue weighted by Crippen LogP contribution is 2.18. The number of carbonyl (C=O) groups is 4. The highest BCUT2D eigenvalue weighted by molar-refractivity contribution is 6.03. The third-order valence-corrected chi connectivity index (χ3v) is 4.76. The van der Waals surface area contributed by atoms with Crippen molar-refractivity contribution in [3.05, 3.63) is 64.7 Å². The van der Waals surface area contributed by atoms with Crippen LogP contribution in [0.1, 0.15) is 56.9 Å². The quantitative estimate of drug-likeness (QED) is 0.609. The van der Waals surface area contributed by atoms with E-state index >= 15 is 0 Å². The summed E-state index contributed by atoms with van der Waals surface area (Å²) in [6.07, 6.45) is 0.393. The molecule has 0 radical (unpaired) electrons. The van der Waals surface area contributed by atoms with Crippen LogP contribution in [-0.4, -0.2) is 44.0 Å². The molecule has 0 aliphatic carbocycles. The Balaban J connectivity index is 2.30. The lowest BCUT2D eigenvalue weighted by molar-refractivity contribution is -0.118. The second-order valence-corrected chi connectivity index (χ2v) is 7.74. The molecular weight excluding hydrogens is 412 g/mol. The maximum Gasteiger partial charge on any atom is 0.337 e. The van der Waals surface area contributed by atoms with E-state index in [9.17, 15) is 19.2 Å². The Morgan fingerprint density at radius 1 is 0.906 bits per heavy atom. The normalized spacial score (nSPS) is 11.4. The maximum absolute atomic E-state index is 13.0. The van der Waals surface area contributed by atoms with Crippen LogP contribution >= 0.6 is 0 Å². The Morgan fingerprint density at radius 3 is 1.97 bits per heavy atom. The Labute approximate surface area is 187 Å². The minimum atomic E-state index is -0.828. The van der Waals surface area contributed by atoms with Crippen molar-refractivity contribution in [2.45, 2.75) is 33.2 Å². The smallest absolute Gasteiger partial charge is 0.337 e. The van der Waals surface area contributed by atoms with Crippen LogP contribution in [0, 0.1) is 12.8 Å². The lowest BCUT2D eigenvalue weighted by Gasteiger charge is -2.21. The molecule has 170 valence electrons. The fraction of sp³-hybridized carbons (Fsp3) is 0.333. The summed E-state index contributed by atoms with van der Waals surface area (Å²) in [4.78, 5) is 49.8. The summed E-state index contributed by atoms with van der Waals surface area (Å²) in [5, 5.41) is 5.48. The first-order chi connectivity index (χ1) is 15.2. The third kappa shape index (κ3) is 6.41. The number of aryl methyl sites for hydroxylation is 1. The fourth-order valence-corrected chi connectivity index (χ4v) is 3.17. The van der Waals surface area contributed by atoms with Gasteiger partial charge in [0.25, 0.3) is 5.91 Å². The summed E-state index contributed by atoms with van der Waals surface area (Å²) in [7, 11) is 2.43. The predicted molar refractivity (Wildman–Crippen MR) is 120 cm³/mol. The van der Waals surface area contributed by atoms with E-state index in [4.69, 9.17) is 9.47 Å². The van der Waals surface area contributed by atoms with E-state index in [1.54, 1.807) is 12.1 Å². The molecule has 0 heterocycles. The van der Waals surface area contributed by atoms with E-state index in [0.29, 0.717) is 12.0 Å². The van der Waals surface area contributed by atoms with Crippen molar-refractivity contribution >= 4 is 29.4 Å². The molecule has 32 heavy (non-hydrogen) atoms. The molecular formula is C24H28N2O6. The molecule has 2 N–H and O–H groups in total. The van der Waals surface area contributed by atoms with Crippen molar-refractivity contribution in [1.82, 2.24) is 5.32 Å². The molecule has 0 aromatic heterocycles. The van der Waals surface area contributed by atoms with Crippen LogP contribution in [0.5, 0.6) is 0 Å². The number of hydrogen-bond acceptors (Lipinski definition) is 6. The van der Waals surface area contributed by atoms with Gasteiger partial charge < -0.3 is 20.1 Å². The first-order valence-electron chi connectivity index (χ1n) is 10.1. The number of esters is 2. The monoisotopic (exact) mass is 440 g/mol. The number of methoxy groups -OCH3 is 2. The second-order valence-electron chi connectivity index (χ2n) is 7.74. The fourth-order valence-electron chi connectivity index (χ4n) is 3.17. The topological polar surface area (TPSA) is 111 Å². The SMILES string of the molecule is COC(=O)c1cc(NC(=O)[C@H](CC(C)C)NC(=O)c2ccccc2C)cc(C(=O)OC)c1. The molecule has 1 atom stereocenters. The molecule has 0 saturated carbocycles. The maximum atomic E-state index is 13.0. The van der Waals surface area contributed by atoms with Crippen molar-refractivity contribution in [3.8, 4) is 0 Å². The van der Waals surface area contributed by atoms with E-state index in [0.717, 1.165) is 5.56 Å². The lowest BCUT2D eigenvalue weighted by atomic mass is 10.0. The molecule has 0 fully saturated rings. The average Bonchev–Trinajstić information content (AvgIpc) is 2.77. The summed E-state index contributed by atoms with van der Waals surface area (Å²) < 4.78 is 9.43. The number of nitrogens with one attached hydrogen (secondary N) is 2. The van der Waals surface area contributed by atoms with Crippen LogP contribution in [0.25, 0.3) is 0 Å². The summed E-state index contributed by atoms with van der Waals surface area (Å²) >= 11 is 0. The van der Waals surface area contributed by atoms with Gasteiger partial charge in [-0.3, -0.25) is 9.59 Å². The molecule has 2 aromatic carbocycles. The number of carbonyl (C=O) groups excluding carboxylic acids is 4. The number of anilines is 1. The van der Waals surface area contributed by atoms with Crippen molar-refractivity contribution < 1.29 is 28.7 Å². The van der Waals surface area contributed by atoms with Crippen LogP contribution < -0.4 is 10.6 Å². The van der Waals surface area contributed by atoms with Crippen LogP contribution in [0.3, 0.4) is 0 Å². The van der Waals surface area contributed by atoms with Gasteiger partial charge in [0.05, 0.1) is 25.3 Å². The van der Waals surface area contributed by atoms with E-state index in [-0.39, 0.29) is 28.6 Å². The Morgan fingerprint density at radius 2 is 1.47 bits per heavy atom. The van der Waals surface area contributed by atoms with Gasteiger partial charge in [0.2, 0.25) is 5.91 Å². The van der Waals surface area contributed by atoms with E-state index in [1.165, 1.54) is 32.4 Å². The zero-order valence-corrected chi connectivity index (χ0v) is 18.9. The largest absolute Gasteiger partial charge is 0.465 e. The molecule has 0 spiro atoms. The highest BCUT2D eigenvalue weighted by atomic mass is 16.5. The number of amides is 2. The zero-order chi connectivity index (χ0) is 23.8. The van der Waals surface area contributed by atoms with Crippen LogP contribution in [0.2, 0.25) is 0 Å². The minimum Gasteiger partial charge on any atom is -0.465 e. The first kappa shape index (κ1) is 24.6. The third-order valence-electron chi connectivity index (χ3n) is 4.76. The molecule has 0 saturated heterocycles. The number of rotatable bonds is 8. The highest BCUT2D eigenvalue weighted by Gasteiger charge is 2.24. The first-order valence-corrected chi connectivity index (χ1v) is 10.1. The zero-order valence-electron chi connectivity index (χ0n) is 18.9. The summed E-state index contributed by atoms with van der Waals surface area (Å²) in [5.41, 5.74) is 1.64. The van der Waals surface area contributed by atoms with Crippen LogP contribution in [-0.2, 0) is 14.3 Å². The van der Waals surface area contributed by atoms with Gasteiger partial charge in [0, 0.05) is 11.3 Å². The van der Waals surface area contributed by atoms with Gasteiger partial charge in [-0.15, -0.1) is 0 Å². The average molecular weight is 440 g/mol. The van der Waals surface area contributed by atoms with Gasteiger partial charge in [0.1, 0.15) is 6.04 Å². The van der Waals surface area contributed by atoms with Crippen molar-refractivity contribution in [2.75, 3.05) is 19.5 Å². The standard InChI is InChI=1S/C24H28N2O6/c1-14(2)10-20(26-21(27)19-9-7-6-8-15(19)3)22(28)25-18-12-16(23(29)31-4)11-17(13-18)24(30)32-5/h6-9,11-14,20H,10H2,1-5H3,(H,25,28)(H,26,27)/t20-/m0/s1. The van der Waals surface area contributed by atoms with Gasteiger partial charge in [-0.1, -0.05) is 32.0 Å². The van der Waals surface area contributed by atoms with Gasteiger partial charge in [-0.2, -0.15) is 0 Å². The van der Waals surface area contributed by atoms with E-state index in [1.807, 2.05) is 32.9 Å². The molecule has 0 aliphatic heterocycles. The Bertz CT molecular complexity index is 981. The molecule has 8 nitrogen and oxygen atoms in total. The minimum absolute atomic E-state index is 0.0788.